The molecule has 2 amide bonds. The molecule has 144 valence electrons. The second-order valence-corrected chi connectivity index (χ2v) is 8.50. The van der Waals surface area contributed by atoms with Gasteiger partial charge in [-0.25, -0.2) is 9.78 Å². The second kappa shape index (κ2) is 6.83. The number of amides is 2. The lowest BCUT2D eigenvalue weighted by atomic mass is 10.1. The predicted molar refractivity (Wildman–Crippen MR) is 106 cm³/mol. The maximum atomic E-state index is 12.7. The van der Waals surface area contributed by atoms with Crippen LogP contribution in [0.1, 0.15) is 19.3 Å². The van der Waals surface area contributed by atoms with Crippen LogP contribution in [0.4, 0.5) is 15.6 Å². The molecule has 1 aromatic heterocycles. The number of benzene rings is 1. The van der Waals surface area contributed by atoms with Crippen molar-refractivity contribution in [2.45, 2.75) is 25.3 Å². The van der Waals surface area contributed by atoms with Gasteiger partial charge in [0.15, 0.2) is 5.13 Å². The zero-order valence-corrected chi connectivity index (χ0v) is 16.3. The molecular weight excluding hydrogens is 364 g/mol. The number of nitrogens with zero attached hydrogens (tertiary/aromatic N) is 3. The summed E-state index contributed by atoms with van der Waals surface area (Å²) < 4.78 is 12.0. The maximum absolute atomic E-state index is 12.7. The van der Waals surface area contributed by atoms with Crippen LogP contribution in [0.2, 0.25) is 0 Å². The molecule has 27 heavy (non-hydrogen) atoms. The summed E-state index contributed by atoms with van der Waals surface area (Å²) >= 11 is 1.52. The van der Waals surface area contributed by atoms with Gasteiger partial charge < -0.3 is 19.3 Å². The number of aromatic nitrogens is 1. The van der Waals surface area contributed by atoms with Gasteiger partial charge in [0.25, 0.3) is 0 Å². The molecule has 2 saturated heterocycles. The predicted octanol–water partition coefficient (Wildman–Crippen LogP) is 3.16. The Hall–Kier alpha value is -2.06. The van der Waals surface area contributed by atoms with Crippen LogP contribution >= 0.6 is 11.3 Å². The first-order chi connectivity index (χ1) is 13.2. The molecule has 3 aliphatic rings. The number of carbonyl (C=O) groups is 1. The molecule has 0 radical (unpaired) electrons. The number of methoxy groups -OCH3 is 1. The van der Waals surface area contributed by atoms with Crippen molar-refractivity contribution in [3.8, 4) is 5.75 Å². The summed E-state index contributed by atoms with van der Waals surface area (Å²) in [6, 6.07) is 4.42. The van der Waals surface area contributed by atoms with Gasteiger partial charge in [0.2, 0.25) is 0 Å². The zero-order valence-electron chi connectivity index (χ0n) is 15.4. The van der Waals surface area contributed by atoms with Crippen LogP contribution in [0.25, 0.3) is 10.2 Å². The van der Waals surface area contributed by atoms with Crippen LogP contribution in [-0.2, 0) is 4.74 Å². The molecule has 7 nitrogen and oxygen atoms in total. The van der Waals surface area contributed by atoms with Crippen molar-refractivity contribution < 1.29 is 14.3 Å². The van der Waals surface area contributed by atoms with Crippen LogP contribution in [-0.4, -0.2) is 61.9 Å². The first-order valence-corrected chi connectivity index (χ1v) is 10.4. The van der Waals surface area contributed by atoms with E-state index in [2.05, 4.69) is 21.3 Å². The molecule has 0 unspecified atom stereocenters. The number of morpholine rings is 1. The van der Waals surface area contributed by atoms with Gasteiger partial charge in [-0.1, -0.05) is 11.3 Å². The molecule has 1 aromatic carbocycles. The van der Waals surface area contributed by atoms with Crippen molar-refractivity contribution in [2.75, 3.05) is 50.2 Å². The van der Waals surface area contributed by atoms with E-state index in [4.69, 9.17) is 9.47 Å². The number of hydrogen-bond acceptors (Lipinski definition) is 6. The third kappa shape index (κ3) is 3.00. The van der Waals surface area contributed by atoms with E-state index in [1.807, 2.05) is 11.0 Å². The van der Waals surface area contributed by atoms with Crippen LogP contribution < -0.4 is 15.0 Å². The van der Waals surface area contributed by atoms with Gasteiger partial charge in [0.05, 0.1) is 30.7 Å². The number of anilines is 2. The van der Waals surface area contributed by atoms with Crippen molar-refractivity contribution in [1.29, 1.82) is 0 Å². The summed E-state index contributed by atoms with van der Waals surface area (Å²) in [6.07, 6.45) is 3.55. The highest BCUT2D eigenvalue weighted by Gasteiger charge is 2.40. The fraction of sp³-hybridized carbons (Fsp3) is 0.579. The molecule has 2 aliphatic heterocycles. The second-order valence-electron chi connectivity index (χ2n) is 7.50. The lowest BCUT2D eigenvalue weighted by Gasteiger charge is -2.29. The average Bonchev–Trinajstić information content (AvgIpc) is 3.43. The third-order valence-electron chi connectivity index (χ3n) is 5.94. The molecule has 1 aliphatic carbocycles. The van der Waals surface area contributed by atoms with Crippen molar-refractivity contribution in [1.82, 2.24) is 9.88 Å². The van der Waals surface area contributed by atoms with E-state index in [0.29, 0.717) is 17.1 Å². The molecule has 5 rings (SSSR count). The summed E-state index contributed by atoms with van der Waals surface area (Å²) in [7, 11) is 1.65. The van der Waals surface area contributed by atoms with Gasteiger partial charge in [0.1, 0.15) is 11.3 Å². The van der Waals surface area contributed by atoms with Crippen LogP contribution in [0.3, 0.4) is 0 Å². The van der Waals surface area contributed by atoms with E-state index in [9.17, 15) is 4.79 Å². The quantitative estimate of drug-likeness (QED) is 0.875. The molecule has 0 spiro atoms. The van der Waals surface area contributed by atoms with E-state index in [1.54, 1.807) is 7.11 Å². The first kappa shape index (κ1) is 17.1. The number of piperidine rings is 1. The normalized spacial score (nSPS) is 24.6. The molecule has 2 bridgehead atoms. The van der Waals surface area contributed by atoms with Gasteiger partial charge in [-0.2, -0.15) is 0 Å². The Morgan fingerprint density at radius 3 is 2.89 bits per heavy atom. The van der Waals surface area contributed by atoms with Gasteiger partial charge in [-0.3, -0.25) is 5.32 Å². The smallest absolute Gasteiger partial charge is 0.323 e. The largest absolute Gasteiger partial charge is 0.494 e. The Kier molecular flexibility index (Phi) is 4.32. The van der Waals surface area contributed by atoms with Gasteiger partial charge >= 0.3 is 6.03 Å². The highest BCUT2D eigenvalue weighted by molar-refractivity contribution is 7.23. The van der Waals surface area contributed by atoms with E-state index in [1.165, 1.54) is 17.8 Å². The molecule has 3 fully saturated rings. The van der Waals surface area contributed by atoms with E-state index in [0.717, 1.165) is 67.3 Å². The summed E-state index contributed by atoms with van der Waals surface area (Å²) in [4.78, 5) is 21.7. The van der Waals surface area contributed by atoms with Gasteiger partial charge in [-0.05, 0) is 37.3 Å². The SMILES string of the molecule is COc1ccc(N2CCOCC2)c2sc(NC(=O)N3C[C@@H]4CC[C@H]3C4)nc12. The molecule has 2 aromatic rings. The van der Waals surface area contributed by atoms with Gasteiger partial charge in [0, 0.05) is 25.7 Å². The van der Waals surface area contributed by atoms with E-state index in [-0.39, 0.29) is 6.03 Å². The van der Waals surface area contributed by atoms with E-state index < -0.39 is 0 Å². The van der Waals surface area contributed by atoms with Crippen LogP contribution in [0, 0.1) is 5.92 Å². The summed E-state index contributed by atoms with van der Waals surface area (Å²) in [5.41, 5.74) is 1.94. The Labute approximate surface area is 162 Å². The van der Waals surface area contributed by atoms with Gasteiger partial charge in [-0.15, -0.1) is 0 Å². The number of carbonyl (C=O) groups excluding carboxylic acids is 1. The summed E-state index contributed by atoms with van der Waals surface area (Å²) in [5, 5.41) is 3.67. The van der Waals surface area contributed by atoms with Crippen LogP contribution in [0.15, 0.2) is 12.1 Å². The minimum atomic E-state index is -0.0202. The number of likely N-dealkylation sites (tertiary alicyclic amines) is 1. The number of urea groups is 1. The average molecular weight is 388 g/mol. The topological polar surface area (TPSA) is 66.9 Å². The summed E-state index contributed by atoms with van der Waals surface area (Å²) in [5.74, 6) is 1.42. The standard InChI is InChI=1S/C19H24N4O3S/c1-25-15-5-4-14(22-6-8-26-9-7-22)17-16(15)20-18(27-17)21-19(24)23-11-12-2-3-13(23)10-12/h4-5,12-13H,2-3,6-11H2,1H3,(H,20,21,24)/t12-,13+/m1/s1. The number of rotatable bonds is 3. The third-order valence-corrected chi connectivity index (χ3v) is 6.93. The molecule has 2 atom stereocenters. The summed E-state index contributed by atoms with van der Waals surface area (Å²) in [6.45, 7) is 4.06. The fourth-order valence-electron chi connectivity index (χ4n) is 4.58. The first-order valence-electron chi connectivity index (χ1n) is 9.61. The Morgan fingerprint density at radius 2 is 2.19 bits per heavy atom. The maximum Gasteiger partial charge on any atom is 0.323 e. The van der Waals surface area contributed by atoms with Crippen molar-refractivity contribution in [3.63, 3.8) is 0 Å². The molecular formula is C19H24N4O3S. The lowest BCUT2D eigenvalue weighted by Crippen LogP contribution is -2.40. The molecule has 8 heteroatoms. The van der Waals surface area contributed by atoms with Crippen molar-refractivity contribution >= 4 is 38.4 Å². The number of nitrogens with one attached hydrogen (secondary N) is 1. The number of thiazole rings is 1. The Morgan fingerprint density at radius 1 is 1.33 bits per heavy atom. The highest BCUT2D eigenvalue weighted by Crippen LogP contribution is 2.41. The lowest BCUT2D eigenvalue weighted by molar-refractivity contribution is 0.123. The Balaban J connectivity index is 1.44. The fourth-order valence-corrected chi connectivity index (χ4v) is 5.59. The van der Waals surface area contributed by atoms with E-state index >= 15 is 0 Å². The number of hydrogen-bond donors (Lipinski definition) is 1. The zero-order chi connectivity index (χ0) is 18.4. The van der Waals surface area contributed by atoms with Crippen molar-refractivity contribution in [2.24, 2.45) is 5.92 Å². The van der Waals surface area contributed by atoms with Crippen LogP contribution in [0.5, 0.6) is 5.75 Å². The number of fused-ring (bicyclic) bond motifs is 3. The molecule has 3 heterocycles. The minimum Gasteiger partial charge on any atom is -0.494 e. The van der Waals surface area contributed by atoms with Crippen molar-refractivity contribution in [3.05, 3.63) is 12.1 Å². The molecule has 1 saturated carbocycles. The minimum absolute atomic E-state index is 0.0202. The number of ether oxygens (including phenoxy) is 2. The Bertz CT molecular complexity index is 864. The highest BCUT2D eigenvalue weighted by atomic mass is 32.1. The monoisotopic (exact) mass is 388 g/mol. The molecule has 1 N–H and O–H groups in total.